The van der Waals surface area contributed by atoms with Crippen molar-refractivity contribution in [3.63, 3.8) is 0 Å². The number of carbonyl (C=O) groups is 2. The highest BCUT2D eigenvalue weighted by Gasteiger charge is 2.17. The van der Waals surface area contributed by atoms with Gasteiger partial charge in [0.05, 0.1) is 12.5 Å². The molecule has 6 heteroatoms. The molecule has 1 aromatic rings. The van der Waals surface area contributed by atoms with E-state index >= 15 is 0 Å². The van der Waals surface area contributed by atoms with Crippen LogP contribution in [0.1, 0.15) is 31.4 Å². The topological polar surface area (TPSA) is 66.4 Å². The van der Waals surface area contributed by atoms with Gasteiger partial charge in [-0.25, -0.2) is 8.78 Å². The molecule has 18 heavy (non-hydrogen) atoms. The molecule has 0 aliphatic heterocycles. The van der Waals surface area contributed by atoms with Crippen LogP contribution in [0, 0.1) is 11.6 Å². The first-order valence-corrected chi connectivity index (χ1v) is 5.37. The summed E-state index contributed by atoms with van der Waals surface area (Å²) in [7, 11) is 0. The molecular formula is C12H13F2NO3. The second-order valence-corrected chi connectivity index (χ2v) is 3.82. The van der Waals surface area contributed by atoms with Crippen LogP contribution in [-0.4, -0.2) is 17.0 Å². The summed E-state index contributed by atoms with van der Waals surface area (Å²) in [6, 6.07) is 2.57. The molecule has 0 aromatic heterocycles. The highest BCUT2D eigenvalue weighted by molar-refractivity contribution is 5.80. The molecule has 1 amide bonds. The van der Waals surface area contributed by atoms with Crippen LogP contribution < -0.4 is 5.32 Å². The van der Waals surface area contributed by atoms with Crippen molar-refractivity contribution < 1.29 is 23.5 Å². The number of carboxylic acid groups (broad SMARTS) is 1. The van der Waals surface area contributed by atoms with Gasteiger partial charge in [-0.05, 0) is 19.1 Å². The van der Waals surface area contributed by atoms with Crippen LogP contribution in [0.15, 0.2) is 18.2 Å². The zero-order valence-corrected chi connectivity index (χ0v) is 9.74. The lowest BCUT2D eigenvalue weighted by molar-refractivity contribution is -0.138. The second-order valence-electron chi connectivity index (χ2n) is 3.82. The summed E-state index contributed by atoms with van der Waals surface area (Å²) >= 11 is 0. The minimum Gasteiger partial charge on any atom is -0.481 e. The summed E-state index contributed by atoms with van der Waals surface area (Å²) in [6.45, 7) is 1.43. The third-order valence-corrected chi connectivity index (χ3v) is 2.38. The summed E-state index contributed by atoms with van der Waals surface area (Å²) < 4.78 is 26.8. The number of nitrogens with one attached hydrogen (secondary N) is 1. The van der Waals surface area contributed by atoms with Gasteiger partial charge < -0.3 is 10.4 Å². The fourth-order valence-electron chi connectivity index (χ4n) is 1.53. The molecule has 0 aliphatic carbocycles. The molecule has 0 radical (unpaired) electrons. The van der Waals surface area contributed by atoms with Crippen molar-refractivity contribution >= 4 is 11.9 Å². The van der Waals surface area contributed by atoms with Crippen molar-refractivity contribution in [2.45, 2.75) is 25.8 Å². The lowest BCUT2D eigenvalue weighted by Gasteiger charge is -2.15. The lowest BCUT2D eigenvalue weighted by atomic mass is 10.1. The summed E-state index contributed by atoms with van der Waals surface area (Å²) in [4.78, 5) is 21.6. The third-order valence-electron chi connectivity index (χ3n) is 2.38. The monoisotopic (exact) mass is 257 g/mol. The number of hydrogen-bond donors (Lipinski definition) is 2. The summed E-state index contributed by atoms with van der Waals surface area (Å²) in [5.74, 6) is -3.16. The Morgan fingerprint density at radius 3 is 2.33 bits per heavy atom. The van der Waals surface area contributed by atoms with E-state index in [1.807, 2.05) is 0 Å². The second kappa shape index (κ2) is 6.09. The lowest BCUT2D eigenvalue weighted by Crippen LogP contribution is -2.28. The zero-order chi connectivity index (χ0) is 13.7. The summed E-state index contributed by atoms with van der Waals surface area (Å²) in [5, 5.41) is 10.8. The van der Waals surface area contributed by atoms with Gasteiger partial charge in [-0.1, -0.05) is 6.07 Å². The van der Waals surface area contributed by atoms with Crippen LogP contribution in [-0.2, 0) is 9.59 Å². The van der Waals surface area contributed by atoms with E-state index in [9.17, 15) is 18.4 Å². The van der Waals surface area contributed by atoms with Crippen molar-refractivity contribution in [2.24, 2.45) is 0 Å². The fourth-order valence-corrected chi connectivity index (χ4v) is 1.53. The molecule has 0 aliphatic rings. The highest BCUT2D eigenvalue weighted by atomic mass is 19.1. The first kappa shape index (κ1) is 14.1. The predicted molar refractivity (Wildman–Crippen MR) is 59.8 cm³/mol. The van der Waals surface area contributed by atoms with Crippen LogP contribution in [0.2, 0.25) is 0 Å². The van der Waals surface area contributed by atoms with Gasteiger partial charge in [0.15, 0.2) is 0 Å². The number of aliphatic carboxylic acids is 1. The SMILES string of the molecule is CC(NC(=O)CCC(=O)O)c1c(F)cccc1F. The first-order valence-electron chi connectivity index (χ1n) is 5.37. The van der Waals surface area contributed by atoms with Crippen molar-refractivity contribution in [1.29, 1.82) is 0 Å². The van der Waals surface area contributed by atoms with E-state index in [0.717, 1.165) is 12.1 Å². The van der Waals surface area contributed by atoms with Crippen LogP contribution in [0.25, 0.3) is 0 Å². The van der Waals surface area contributed by atoms with E-state index in [1.54, 1.807) is 0 Å². The number of amides is 1. The number of hydrogen-bond acceptors (Lipinski definition) is 2. The first-order chi connectivity index (χ1) is 8.41. The maximum Gasteiger partial charge on any atom is 0.303 e. The molecule has 1 aromatic carbocycles. The maximum atomic E-state index is 13.4. The van der Waals surface area contributed by atoms with Gasteiger partial charge in [0.25, 0.3) is 0 Å². The number of rotatable bonds is 5. The van der Waals surface area contributed by atoms with Crippen molar-refractivity contribution in [1.82, 2.24) is 5.32 Å². The van der Waals surface area contributed by atoms with Crippen LogP contribution in [0.5, 0.6) is 0 Å². The van der Waals surface area contributed by atoms with Gasteiger partial charge in [-0.2, -0.15) is 0 Å². The van der Waals surface area contributed by atoms with Crippen LogP contribution in [0.4, 0.5) is 8.78 Å². The molecule has 1 atom stereocenters. The van der Waals surface area contributed by atoms with E-state index in [1.165, 1.54) is 13.0 Å². The Balaban J connectivity index is 2.68. The van der Waals surface area contributed by atoms with Gasteiger partial charge in [0, 0.05) is 12.0 Å². The van der Waals surface area contributed by atoms with E-state index in [4.69, 9.17) is 5.11 Å². The van der Waals surface area contributed by atoms with Crippen molar-refractivity contribution in [2.75, 3.05) is 0 Å². The number of halogens is 2. The summed E-state index contributed by atoms with van der Waals surface area (Å²) in [5.41, 5.74) is -0.235. The molecule has 1 rings (SSSR count). The molecule has 0 fully saturated rings. The van der Waals surface area contributed by atoms with Crippen molar-refractivity contribution in [3.05, 3.63) is 35.4 Å². The molecule has 0 spiro atoms. The number of carbonyl (C=O) groups excluding carboxylic acids is 1. The zero-order valence-electron chi connectivity index (χ0n) is 9.74. The smallest absolute Gasteiger partial charge is 0.303 e. The predicted octanol–water partition coefficient (Wildman–Crippen LogP) is 2.01. The van der Waals surface area contributed by atoms with Gasteiger partial charge in [-0.15, -0.1) is 0 Å². The van der Waals surface area contributed by atoms with Gasteiger partial charge in [0.2, 0.25) is 5.91 Å². The molecule has 0 heterocycles. The molecule has 98 valence electrons. The Morgan fingerprint density at radius 1 is 1.28 bits per heavy atom. The van der Waals surface area contributed by atoms with Gasteiger partial charge in [0.1, 0.15) is 11.6 Å². The largest absolute Gasteiger partial charge is 0.481 e. The fraction of sp³-hybridized carbons (Fsp3) is 0.333. The minimum absolute atomic E-state index is 0.226. The molecule has 0 saturated heterocycles. The normalized spacial score (nSPS) is 11.9. The Kier molecular flexibility index (Phi) is 4.76. The molecule has 0 bridgehead atoms. The molecule has 2 N–H and O–H groups in total. The average molecular weight is 257 g/mol. The quantitative estimate of drug-likeness (QED) is 0.847. The van der Waals surface area contributed by atoms with Crippen LogP contribution in [0.3, 0.4) is 0 Å². The number of carboxylic acids is 1. The third kappa shape index (κ3) is 3.80. The standard InChI is InChI=1S/C12H13F2NO3/c1-7(15-10(16)5-6-11(17)18)12-8(13)3-2-4-9(12)14/h2-4,7H,5-6H2,1H3,(H,15,16)(H,17,18). The minimum atomic E-state index is -1.10. The van der Waals surface area contributed by atoms with Crippen molar-refractivity contribution in [3.8, 4) is 0 Å². The van der Waals surface area contributed by atoms with E-state index < -0.39 is 29.6 Å². The highest BCUT2D eigenvalue weighted by Crippen LogP contribution is 2.20. The molecule has 1 unspecified atom stereocenters. The maximum absolute atomic E-state index is 13.4. The van der Waals surface area contributed by atoms with Gasteiger partial charge >= 0.3 is 5.97 Å². The Bertz CT molecular complexity index is 442. The Hall–Kier alpha value is -1.98. The average Bonchev–Trinajstić information content (AvgIpc) is 2.26. The molecule has 0 saturated carbocycles. The van der Waals surface area contributed by atoms with E-state index in [-0.39, 0.29) is 18.4 Å². The number of benzene rings is 1. The molecular weight excluding hydrogens is 244 g/mol. The summed E-state index contributed by atoms with van der Waals surface area (Å²) in [6.07, 6.45) is -0.548. The van der Waals surface area contributed by atoms with Gasteiger partial charge in [-0.3, -0.25) is 9.59 Å². The van der Waals surface area contributed by atoms with Crippen LogP contribution >= 0.6 is 0 Å². The van der Waals surface area contributed by atoms with E-state index in [2.05, 4.69) is 5.32 Å². The Morgan fingerprint density at radius 2 is 1.83 bits per heavy atom. The Labute approximate surface area is 103 Å². The molecule has 4 nitrogen and oxygen atoms in total. The van der Waals surface area contributed by atoms with E-state index in [0.29, 0.717) is 0 Å².